The van der Waals surface area contributed by atoms with E-state index >= 15 is 0 Å². The lowest BCUT2D eigenvalue weighted by Gasteiger charge is -2.35. The Kier molecular flexibility index (Phi) is 4.69. The highest BCUT2D eigenvalue weighted by atomic mass is 32.2. The molecule has 1 fully saturated rings. The third-order valence-corrected chi connectivity index (χ3v) is 6.75. The molecule has 0 atom stereocenters. The Labute approximate surface area is 155 Å². The van der Waals surface area contributed by atoms with E-state index in [0.29, 0.717) is 16.5 Å². The van der Waals surface area contributed by atoms with Gasteiger partial charge < -0.3 is 10.1 Å². The molecule has 0 radical (unpaired) electrons. The quantitative estimate of drug-likeness (QED) is 0.850. The molecule has 2 heterocycles. The largest absolute Gasteiger partial charge is 0.443 e. The van der Waals surface area contributed by atoms with Crippen LogP contribution in [0.15, 0.2) is 24.3 Å². The minimum Gasteiger partial charge on any atom is -0.443 e. The van der Waals surface area contributed by atoms with Crippen molar-refractivity contribution in [3.63, 3.8) is 0 Å². The van der Waals surface area contributed by atoms with Gasteiger partial charge in [-0.2, -0.15) is 12.7 Å². The maximum atomic E-state index is 13.2. The van der Waals surface area contributed by atoms with Gasteiger partial charge in [-0.1, -0.05) is 18.2 Å². The normalized spacial score (nSPS) is 19.3. The van der Waals surface area contributed by atoms with Crippen LogP contribution >= 0.6 is 0 Å². The van der Waals surface area contributed by atoms with Gasteiger partial charge in [-0.25, -0.2) is 4.79 Å². The highest BCUT2D eigenvalue weighted by Crippen LogP contribution is 2.47. The molecule has 0 bridgehead atoms. The summed E-state index contributed by atoms with van der Waals surface area (Å²) in [4.78, 5) is 12.3. The SMILES string of the molecule is CN(C(=O)OC(C)(C)C)S(=O)(=O)N1CC2(CCNCC2)c2ccccc21. The molecule has 2 aliphatic rings. The Morgan fingerprint density at radius 2 is 1.85 bits per heavy atom. The van der Waals surface area contributed by atoms with Gasteiger partial charge in [0.2, 0.25) is 0 Å². The van der Waals surface area contributed by atoms with Crippen LogP contribution in [0, 0.1) is 0 Å². The molecule has 0 unspecified atom stereocenters. The second-order valence-electron chi connectivity index (χ2n) is 8.01. The molecule has 0 saturated carbocycles. The lowest BCUT2D eigenvalue weighted by molar-refractivity contribution is 0.0420. The van der Waals surface area contributed by atoms with Gasteiger partial charge in [0, 0.05) is 19.0 Å². The van der Waals surface area contributed by atoms with Crippen molar-refractivity contribution in [3.05, 3.63) is 29.8 Å². The standard InChI is InChI=1S/C18H27N3O4S/c1-17(2,3)25-16(22)20(4)26(23,24)21-13-18(9-11-19-12-10-18)14-7-5-6-8-15(14)21/h5-8,19H,9-13H2,1-4H3. The number of nitrogens with zero attached hydrogens (tertiary/aromatic N) is 2. The lowest BCUT2D eigenvalue weighted by Crippen LogP contribution is -2.49. The molecule has 144 valence electrons. The molecule has 1 aromatic carbocycles. The zero-order valence-electron chi connectivity index (χ0n) is 15.8. The summed E-state index contributed by atoms with van der Waals surface area (Å²) in [5.41, 5.74) is 0.733. The summed E-state index contributed by atoms with van der Waals surface area (Å²) in [5, 5.41) is 3.33. The topological polar surface area (TPSA) is 79.0 Å². The van der Waals surface area contributed by atoms with E-state index in [1.807, 2.05) is 24.3 Å². The molecule has 26 heavy (non-hydrogen) atoms. The van der Waals surface area contributed by atoms with Crippen LogP contribution in [0.4, 0.5) is 10.5 Å². The maximum Gasteiger partial charge on any atom is 0.425 e. The van der Waals surface area contributed by atoms with Crippen molar-refractivity contribution in [2.45, 2.75) is 44.6 Å². The Bertz CT molecular complexity index is 795. The average Bonchev–Trinajstić information content (AvgIpc) is 2.89. The van der Waals surface area contributed by atoms with Crippen LogP contribution in [0.3, 0.4) is 0 Å². The number of para-hydroxylation sites is 1. The molecular formula is C18H27N3O4S. The highest BCUT2D eigenvalue weighted by molar-refractivity contribution is 7.91. The van der Waals surface area contributed by atoms with Crippen molar-refractivity contribution in [1.29, 1.82) is 0 Å². The molecule has 7 nitrogen and oxygen atoms in total. The maximum absolute atomic E-state index is 13.2. The molecule has 1 amide bonds. The fourth-order valence-electron chi connectivity index (χ4n) is 3.69. The first kappa shape index (κ1) is 19.0. The second kappa shape index (κ2) is 6.42. The van der Waals surface area contributed by atoms with Crippen LogP contribution in [0.2, 0.25) is 0 Å². The minimum atomic E-state index is -4.03. The van der Waals surface area contributed by atoms with Crippen molar-refractivity contribution >= 4 is 22.0 Å². The molecule has 1 saturated heterocycles. The number of nitrogens with one attached hydrogen (secondary N) is 1. The highest BCUT2D eigenvalue weighted by Gasteiger charge is 2.48. The van der Waals surface area contributed by atoms with E-state index in [1.54, 1.807) is 20.8 Å². The smallest absolute Gasteiger partial charge is 0.425 e. The van der Waals surface area contributed by atoms with E-state index in [0.717, 1.165) is 31.5 Å². The van der Waals surface area contributed by atoms with Gasteiger partial charge in [0.25, 0.3) is 0 Å². The van der Waals surface area contributed by atoms with Crippen molar-refractivity contribution < 1.29 is 17.9 Å². The van der Waals surface area contributed by atoms with E-state index in [9.17, 15) is 13.2 Å². The van der Waals surface area contributed by atoms with Gasteiger partial charge in [0.05, 0.1) is 5.69 Å². The van der Waals surface area contributed by atoms with E-state index in [4.69, 9.17) is 4.74 Å². The summed E-state index contributed by atoms with van der Waals surface area (Å²) in [6, 6.07) is 7.58. The molecule has 0 aliphatic carbocycles. The molecule has 8 heteroatoms. The van der Waals surface area contributed by atoms with Crippen molar-refractivity contribution in [1.82, 2.24) is 9.62 Å². The van der Waals surface area contributed by atoms with Crippen molar-refractivity contribution in [2.24, 2.45) is 0 Å². The minimum absolute atomic E-state index is 0.205. The Balaban J connectivity index is 1.95. The predicted octanol–water partition coefficient (Wildman–Crippen LogP) is 2.24. The number of anilines is 1. The van der Waals surface area contributed by atoms with Gasteiger partial charge >= 0.3 is 16.3 Å². The summed E-state index contributed by atoms with van der Waals surface area (Å²) in [6.07, 6.45) is 0.861. The van der Waals surface area contributed by atoms with Gasteiger partial charge in [-0.05, 0) is 58.3 Å². The predicted molar refractivity (Wildman–Crippen MR) is 100 cm³/mol. The molecule has 0 aromatic heterocycles. The van der Waals surface area contributed by atoms with E-state index in [1.165, 1.54) is 11.4 Å². The number of ether oxygens (including phenoxy) is 1. The fourth-order valence-corrected chi connectivity index (χ4v) is 5.03. The molecule has 2 aliphatic heterocycles. The first-order valence-corrected chi connectivity index (χ1v) is 10.3. The monoisotopic (exact) mass is 381 g/mol. The average molecular weight is 381 g/mol. The number of fused-ring (bicyclic) bond motifs is 2. The van der Waals surface area contributed by atoms with Crippen LogP contribution in [0.5, 0.6) is 0 Å². The molecular weight excluding hydrogens is 354 g/mol. The number of rotatable bonds is 2. The number of carbonyl (C=O) groups excluding carboxylic acids is 1. The van der Waals surface area contributed by atoms with Gasteiger partial charge in [0.1, 0.15) is 5.60 Å². The van der Waals surface area contributed by atoms with E-state index < -0.39 is 21.9 Å². The van der Waals surface area contributed by atoms with Gasteiger partial charge in [0.15, 0.2) is 0 Å². The number of piperidine rings is 1. The summed E-state index contributed by atoms with van der Waals surface area (Å²) in [7, 11) is -2.78. The third kappa shape index (κ3) is 3.27. The zero-order valence-corrected chi connectivity index (χ0v) is 16.6. The third-order valence-electron chi connectivity index (χ3n) is 5.03. The number of benzene rings is 1. The van der Waals surface area contributed by atoms with E-state index in [2.05, 4.69) is 5.32 Å². The number of carbonyl (C=O) groups is 1. The van der Waals surface area contributed by atoms with Gasteiger partial charge in [-0.3, -0.25) is 4.31 Å². The summed E-state index contributed by atoms with van der Waals surface area (Å²) < 4.78 is 33.7. The van der Waals surface area contributed by atoms with Gasteiger partial charge in [-0.15, -0.1) is 0 Å². The number of hydrogen-bond acceptors (Lipinski definition) is 5. The summed E-state index contributed by atoms with van der Waals surface area (Å²) in [6.45, 7) is 7.18. The van der Waals surface area contributed by atoms with Crippen LogP contribution in [-0.4, -0.2) is 51.1 Å². The van der Waals surface area contributed by atoms with E-state index in [-0.39, 0.29) is 5.41 Å². The lowest BCUT2D eigenvalue weighted by atomic mass is 9.75. The summed E-state index contributed by atoms with van der Waals surface area (Å²) >= 11 is 0. The molecule has 1 spiro atoms. The first-order valence-electron chi connectivity index (χ1n) is 8.87. The molecule has 3 rings (SSSR count). The molecule has 1 aromatic rings. The second-order valence-corrected chi connectivity index (χ2v) is 9.89. The fraction of sp³-hybridized carbons (Fsp3) is 0.611. The van der Waals surface area contributed by atoms with Crippen LogP contribution in [0.1, 0.15) is 39.2 Å². The van der Waals surface area contributed by atoms with Crippen LogP contribution in [0.25, 0.3) is 0 Å². The zero-order chi connectivity index (χ0) is 19.2. The van der Waals surface area contributed by atoms with Crippen molar-refractivity contribution in [3.8, 4) is 0 Å². The Hall–Kier alpha value is -1.80. The van der Waals surface area contributed by atoms with Crippen LogP contribution < -0.4 is 9.62 Å². The summed E-state index contributed by atoms with van der Waals surface area (Å²) in [5.74, 6) is 0. The Morgan fingerprint density at radius 1 is 1.23 bits per heavy atom. The van der Waals surface area contributed by atoms with Crippen molar-refractivity contribution in [2.75, 3.05) is 31.0 Å². The van der Waals surface area contributed by atoms with Crippen LogP contribution in [-0.2, 0) is 20.4 Å². The molecule has 1 N–H and O–H groups in total. The Morgan fingerprint density at radius 3 is 2.46 bits per heavy atom. The number of amides is 1. The number of hydrogen-bond donors (Lipinski definition) is 1. The first-order chi connectivity index (χ1) is 12.1.